The third-order valence-electron chi connectivity index (χ3n) is 2.81. The van der Waals surface area contributed by atoms with Crippen LogP contribution in [0.3, 0.4) is 0 Å². The highest BCUT2D eigenvalue weighted by Crippen LogP contribution is 2.42. The molecule has 1 aromatic carbocycles. The van der Waals surface area contributed by atoms with E-state index in [1.165, 1.54) is 5.56 Å². The molecule has 74 valence electrons. The first-order valence-corrected chi connectivity index (χ1v) is 5.18. The quantitative estimate of drug-likeness (QED) is 0.739. The van der Waals surface area contributed by atoms with Crippen molar-refractivity contribution in [3.8, 4) is 0 Å². The summed E-state index contributed by atoms with van der Waals surface area (Å²) in [5, 5.41) is 10.5. The molecule has 1 aliphatic rings. The van der Waals surface area contributed by atoms with E-state index in [-0.39, 0.29) is 6.10 Å². The molecule has 0 fully saturated rings. The number of aliphatic hydroxyl groups excluding tert-OH is 1. The lowest BCUT2D eigenvalue weighted by Crippen LogP contribution is -1.90. The van der Waals surface area contributed by atoms with Crippen LogP contribution in [-0.4, -0.2) is 5.11 Å². The Kier molecular flexibility index (Phi) is 2.62. The summed E-state index contributed by atoms with van der Waals surface area (Å²) in [7, 11) is 0. The van der Waals surface area contributed by atoms with Gasteiger partial charge in [-0.15, -0.1) is 6.58 Å². The fourth-order valence-corrected chi connectivity index (χ4v) is 2.33. The predicted molar refractivity (Wildman–Crippen MR) is 58.6 cm³/mol. The van der Waals surface area contributed by atoms with Crippen LogP contribution in [-0.2, 0) is 0 Å². The van der Waals surface area contributed by atoms with Crippen molar-refractivity contribution in [2.24, 2.45) is 0 Å². The summed E-state index contributed by atoms with van der Waals surface area (Å²) in [4.78, 5) is 0. The largest absolute Gasteiger partial charge is 0.388 e. The molecular formula is C12H13ClO. The highest BCUT2D eigenvalue weighted by Gasteiger charge is 2.28. The maximum absolute atomic E-state index is 9.81. The summed E-state index contributed by atoms with van der Waals surface area (Å²) in [5.41, 5.74) is 2.21. The number of hydrogen-bond donors (Lipinski definition) is 1. The molecule has 2 rings (SSSR count). The summed E-state index contributed by atoms with van der Waals surface area (Å²) in [6, 6.07) is 5.77. The molecular weight excluding hydrogens is 196 g/mol. The average molecular weight is 209 g/mol. The van der Waals surface area contributed by atoms with E-state index in [0.717, 1.165) is 18.4 Å². The zero-order valence-electron chi connectivity index (χ0n) is 7.91. The van der Waals surface area contributed by atoms with E-state index in [1.54, 1.807) is 0 Å². The van der Waals surface area contributed by atoms with Crippen LogP contribution < -0.4 is 0 Å². The molecule has 14 heavy (non-hydrogen) atoms. The second-order valence-electron chi connectivity index (χ2n) is 3.75. The Labute approximate surface area is 89.0 Å². The third-order valence-corrected chi connectivity index (χ3v) is 3.04. The Morgan fingerprint density at radius 1 is 1.50 bits per heavy atom. The van der Waals surface area contributed by atoms with Gasteiger partial charge in [0.2, 0.25) is 0 Å². The first-order chi connectivity index (χ1) is 6.72. The first-order valence-electron chi connectivity index (χ1n) is 4.80. The van der Waals surface area contributed by atoms with Crippen molar-refractivity contribution >= 4 is 11.6 Å². The summed E-state index contributed by atoms with van der Waals surface area (Å²) >= 11 is 5.88. The number of allylic oxidation sites excluding steroid dienone is 1. The van der Waals surface area contributed by atoms with Crippen LogP contribution in [0.25, 0.3) is 0 Å². The van der Waals surface area contributed by atoms with Crippen molar-refractivity contribution in [3.63, 3.8) is 0 Å². The van der Waals surface area contributed by atoms with Gasteiger partial charge in [-0.1, -0.05) is 23.7 Å². The molecule has 2 unspecified atom stereocenters. The summed E-state index contributed by atoms with van der Waals surface area (Å²) in [6.07, 6.45) is 3.27. The SMILES string of the molecule is C=CCC1CC(O)c2cc(Cl)ccc21. The number of rotatable bonds is 2. The Morgan fingerprint density at radius 3 is 3.00 bits per heavy atom. The summed E-state index contributed by atoms with van der Waals surface area (Å²) < 4.78 is 0. The number of aliphatic hydroxyl groups is 1. The molecule has 1 N–H and O–H groups in total. The second-order valence-corrected chi connectivity index (χ2v) is 4.18. The molecule has 2 atom stereocenters. The highest BCUT2D eigenvalue weighted by molar-refractivity contribution is 6.30. The van der Waals surface area contributed by atoms with Gasteiger partial charge in [0.25, 0.3) is 0 Å². The van der Waals surface area contributed by atoms with Crippen molar-refractivity contribution in [2.45, 2.75) is 24.9 Å². The van der Waals surface area contributed by atoms with Crippen molar-refractivity contribution in [1.82, 2.24) is 0 Å². The van der Waals surface area contributed by atoms with Crippen LogP contribution in [0.15, 0.2) is 30.9 Å². The Balaban J connectivity index is 2.39. The van der Waals surface area contributed by atoms with E-state index in [9.17, 15) is 5.11 Å². The van der Waals surface area contributed by atoms with Gasteiger partial charge in [0, 0.05) is 5.02 Å². The van der Waals surface area contributed by atoms with E-state index in [1.807, 2.05) is 24.3 Å². The minimum atomic E-state index is -0.353. The number of fused-ring (bicyclic) bond motifs is 1. The van der Waals surface area contributed by atoms with E-state index in [2.05, 4.69) is 6.58 Å². The molecule has 0 spiro atoms. The van der Waals surface area contributed by atoms with Gasteiger partial charge < -0.3 is 5.11 Å². The standard InChI is InChI=1S/C12H13ClO/c1-2-3-8-6-12(14)11-7-9(13)4-5-10(8)11/h2,4-5,7-8,12,14H,1,3,6H2. The summed E-state index contributed by atoms with van der Waals surface area (Å²) in [6.45, 7) is 3.73. The zero-order valence-corrected chi connectivity index (χ0v) is 8.67. The van der Waals surface area contributed by atoms with Crippen LogP contribution in [0.4, 0.5) is 0 Å². The minimum absolute atomic E-state index is 0.353. The maximum Gasteiger partial charge on any atom is 0.0799 e. The molecule has 0 radical (unpaired) electrons. The smallest absolute Gasteiger partial charge is 0.0799 e. The zero-order chi connectivity index (χ0) is 10.1. The molecule has 0 aliphatic heterocycles. The molecule has 0 amide bonds. The van der Waals surface area contributed by atoms with Gasteiger partial charge >= 0.3 is 0 Å². The lowest BCUT2D eigenvalue weighted by atomic mass is 9.98. The van der Waals surface area contributed by atoms with Gasteiger partial charge in [-0.3, -0.25) is 0 Å². The van der Waals surface area contributed by atoms with Crippen molar-refractivity contribution in [3.05, 3.63) is 47.0 Å². The van der Waals surface area contributed by atoms with E-state index < -0.39 is 0 Å². The average Bonchev–Trinajstić information content (AvgIpc) is 2.44. The minimum Gasteiger partial charge on any atom is -0.388 e. The van der Waals surface area contributed by atoms with Crippen LogP contribution in [0.1, 0.15) is 36.0 Å². The third kappa shape index (κ3) is 1.58. The van der Waals surface area contributed by atoms with Crippen LogP contribution in [0.2, 0.25) is 5.02 Å². The molecule has 1 aliphatic carbocycles. The van der Waals surface area contributed by atoms with Crippen molar-refractivity contribution in [1.29, 1.82) is 0 Å². The lowest BCUT2D eigenvalue weighted by Gasteiger charge is -2.07. The number of benzene rings is 1. The van der Waals surface area contributed by atoms with Crippen LogP contribution in [0.5, 0.6) is 0 Å². The molecule has 0 saturated heterocycles. The molecule has 2 heteroatoms. The van der Waals surface area contributed by atoms with Crippen LogP contribution in [0, 0.1) is 0 Å². The monoisotopic (exact) mass is 208 g/mol. The Bertz CT molecular complexity index is 359. The fraction of sp³-hybridized carbons (Fsp3) is 0.333. The normalized spacial score (nSPS) is 24.7. The van der Waals surface area contributed by atoms with Crippen molar-refractivity contribution in [2.75, 3.05) is 0 Å². The lowest BCUT2D eigenvalue weighted by molar-refractivity contribution is 0.173. The van der Waals surface area contributed by atoms with E-state index in [0.29, 0.717) is 10.9 Å². The molecule has 1 nitrogen and oxygen atoms in total. The maximum atomic E-state index is 9.81. The molecule has 0 saturated carbocycles. The molecule has 0 heterocycles. The second kappa shape index (κ2) is 3.76. The number of hydrogen-bond acceptors (Lipinski definition) is 1. The molecule has 1 aromatic rings. The number of halogens is 1. The van der Waals surface area contributed by atoms with Crippen LogP contribution >= 0.6 is 11.6 Å². The molecule has 0 bridgehead atoms. The predicted octanol–water partition coefficient (Wildman–Crippen LogP) is 3.44. The molecule has 0 aromatic heterocycles. The highest BCUT2D eigenvalue weighted by atomic mass is 35.5. The first kappa shape index (κ1) is 9.75. The van der Waals surface area contributed by atoms with Gasteiger partial charge in [-0.05, 0) is 42.0 Å². The van der Waals surface area contributed by atoms with Gasteiger partial charge in [-0.25, -0.2) is 0 Å². The van der Waals surface area contributed by atoms with Gasteiger partial charge in [0.1, 0.15) is 0 Å². The van der Waals surface area contributed by atoms with Gasteiger partial charge in [0.15, 0.2) is 0 Å². The van der Waals surface area contributed by atoms with Crippen molar-refractivity contribution < 1.29 is 5.11 Å². The fourth-order valence-electron chi connectivity index (χ4n) is 2.15. The van der Waals surface area contributed by atoms with Gasteiger partial charge in [0.05, 0.1) is 6.10 Å². The van der Waals surface area contributed by atoms with E-state index in [4.69, 9.17) is 11.6 Å². The summed E-state index contributed by atoms with van der Waals surface area (Å²) in [5.74, 6) is 0.412. The Hall–Kier alpha value is -0.790. The Morgan fingerprint density at radius 2 is 2.29 bits per heavy atom. The topological polar surface area (TPSA) is 20.2 Å². The van der Waals surface area contributed by atoms with Gasteiger partial charge in [-0.2, -0.15) is 0 Å². The van der Waals surface area contributed by atoms with E-state index >= 15 is 0 Å².